The number of carbonyl (C=O) groups excluding carboxylic acids is 1. The molecule has 0 fully saturated rings. The number of halogens is 1. The molecule has 0 saturated carbocycles. The SMILES string of the molecule is CCc1ccc(C(O)C(C)[NH2+]CCC(=O)c2cccc(OC)c2)cc1.[Cl-]. The number of methoxy groups -OCH3 is 1. The van der Waals surface area contributed by atoms with Crippen molar-refractivity contribution in [2.75, 3.05) is 13.7 Å². The van der Waals surface area contributed by atoms with Gasteiger partial charge in [0.15, 0.2) is 5.78 Å². The molecule has 142 valence electrons. The van der Waals surface area contributed by atoms with Crippen molar-refractivity contribution in [3.8, 4) is 5.75 Å². The molecule has 0 saturated heterocycles. The van der Waals surface area contributed by atoms with Crippen LogP contribution in [0.2, 0.25) is 0 Å². The lowest BCUT2D eigenvalue weighted by atomic mass is 10.0. The van der Waals surface area contributed by atoms with Crippen molar-refractivity contribution in [3.63, 3.8) is 0 Å². The summed E-state index contributed by atoms with van der Waals surface area (Å²) in [4.78, 5) is 12.3. The van der Waals surface area contributed by atoms with Gasteiger partial charge in [-0.3, -0.25) is 4.79 Å². The van der Waals surface area contributed by atoms with E-state index in [1.807, 2.05) is 36.5 Å². The maximum absolute atomic E-state index is 12.3. The van der Waals surface area contributed by atoms with Crippen LogP contribution in [0.4, 0.5) is 0 Å². The molecule has 4 nitrogen and oxygen atoms in total. The second kappa shape index (κ2) is 11.0. The van der Waals surface area contributed by atoms with Crippen molar-refractivity contribution in [1.29, 1.82) is 0 Å². The fraction of sp³-hybridized carbons (Fsp3) is 0.381. The van der Waals surface area contributed by atoms with E-state index in [0.717, 1.165) is 12.0 Å². The maximum atomic E-state index is 12.3. The molecule has 0 aliphatic rings. The molecular formula is C21H28ClNO3. The number of ether oxygens (including phenoxy) is 1. The molecule has 0 heterocycles. The third-order valence-corrected chi connectivity index (χ3v) is 4.53. The number of aliphatic hydroxyl groups excluding tert-OH is 1. The third-order valence-electron chi connectivity index (χ3n) is 4.53. The maximum Gasteiger partial charge on any atom is 0.168 e. The van der Waals surface area contributed by atoms with Crippen LogP contribution < -0.4 is 22.5 Å². The van der Waals surface area contributed by atoms with Gasteiger partial charge in [-0.25, -0.2) is 0 Å². The topological polar surface area (TPSA) is 63.1 Å². The Kier molecular flexibility index (Phi) is 9.35. The van der Waals surface area contributed by atoms with Gasteiger partial charge in [0.05, 0.1) is 20.1 Å². The Morgan fingerprint density at radius 3 is 2.50 bits per heavy atom. The zero-order valence-electron chi connectivity index (χ0n) is 15.6. The molecule has 0 aliphatic carbocycles. The minimum Gasteiger partial charge on any atom is -1.00 e. The van der Waals surface area contributed by atoms with Gasteiger partial charge in [0, 0.05) is 5.56 Å². The van der Waals surface area contributed by atoms with E-state index in [-0.39, 0.29) is 24.2 Å². The minimum atomic E-state index is -0.544. The van der Waals surface area contributed by atoms with Crippen LogP contribution in [-0.2, 0) is 6.42 Å². The first kappa shape index (κ1) is 22.2. The summed E-state index contributed by atoms with van der Waals surface area (Å²) in [5.74, 6) is 0.776. The zero-order chi connectivity index (χ0) is 18.2. The largest absolute Gasteiger partial charge is 1.00 e. The first-order valence-electron chi connectivity index (χ1n) is 8.82. The van der Waals surface area contributed by atoms with Gasteiger partial charge in [-0.1, -0.05) is 43.3 Å². The highest BCUT2D eigenvalue weighted by Gasteiger charge is 2.19. The van der Waals surface area contributed by atoms with Crippen LogP contribution >= 0.6 is 0 Å². The number of ketones is 1. The van der Waals surface area contributed by atoms with Crippen molar-refractivity contribution >= 4 is 5.78 Å². The lowest BCUT2D eigenvalue weighted by Gasteiger charge is -2.18. The Balaban J connectivity index is 0.00000338. The molecule has 2 unspecified atom stereocenters. The van der Waals surface area contributed by atoms with E-state index in [4.69, 9.17) is 4.74 Å². The summed E-state index contributed by atoms with van der Waals surface area (Å²) in [5.41, 5.74) is 2.84. The molecule has 2 atom stereocenters. The fourth-order valence-electron chi connectivity index (χ4n) is 2.80. The minimum absolute atomic E-state index is 0. The summed E-state index contributed by atoms with van der Waals surface area (Å²) in [6, 6.07) is 15.3. The summed E-state index contributed by atoms with van der Waals surface area (Å²) >= 11 is 0. The molecule has 0 spiro atoms. The number of benzene rings is 2. The molecule has 2 aromatic carbocycles. The number of aryl methyl sites for hydroxylation is 1. The fourth-order valence-corrected chi connectivity index (χ4v) is 2.80. The van der Waals surface area contributed by atoms with Crippen molar-refractivity contribution in [3.05, 3.63) is 65.2 Å². The summed E-state index contributed by atoms with van der Waals surface area (Å²) in [5, 5.41) is 12.5. The van der Waals surface area contributed by atoms with Crippen molar-refractivity contribution < 1.29 is 32.4 Å². The van der Waals surface area contributed by atoms with Gasteiger partial charge < -0.3 is 27.6 Å². The highest BCUT2D eigenvalue weighted by Crippen LogP contribution is 2.16. The number of Topliss-reactive ketones (excluding diaryl/α,β-unsaturated/α-hetero) is 1. The Morgan fingerprint density at radius 2 is 1.88 bits per heavy atom. The van der Waals surface area contributed by atoms with Gasteiger partial charge in [-0.05, 0) is 36.6 Å². The van der Waals surface area contributed by atoms with E-state index in [1.165, 1.54) is 5.56 Å². The molecule has 26 heavy (non-hydrogen) atoms. The van der Waals surface area contributed by atoms with Crippen LogP contribution in [0.3, 0.4) is 0 Å². The van der Waals surface area contributed by atoms with E-state index in [9.17, 15) is 9.90 Å². The molecule has 2 rings (SSSR count). The molecule has 0 radical (unpaired) electrons. The second-order valence-corrected chi connectivity index (χ2v) is 6.33. The molecule has 2 aromatic rings. The first-order valence-corrected chi connectivity index (χ1v) is 8.82. The molecule has 0 aliphatic heterocycles. The predicted octanol–water partition coefficient (Wildman–Crippen LogP) is -0.480. The summed E-state index contributed by atoms with van der Waals surface area (Å²) in [7, 11) is 1.59. The average molecular weight is 378 g/mol. The van der Waals surface area contributed by atoms with Crippen LogP contribution in [-0.4, -0.2) is 30.6 Å². The normalized spacial score (nSPS) is 12.8. The van der Waals surface area contributed by atoms with E-state index >= 15 is 0 Å². The smallest absolute Gasteiger partial charge is 0.168 e. The van der Waals surface area contributed by atoms with Crippen LogP contribution in [0.5, 0.6) is 5.75 Å². The highest BCUT2D eigenvalue weighted by atomic mass is 35.5. The van der Waals surface area contributed by atoms with Crippen LogP contribution in [0.15, 0.2) is 48.5 Å². The lowest BCUT2D eigenvalue weighted by molar-refractivity contribution is -0.693. The van der Waals surface area contributed by atoms with Gasteiger partial charge in [0.1, 0.15) is 17.9 Å². The zero-order valence-corrected chi connectivity index (χ0v) is 16.4. The van der Waals surface area contributed by atoms with Gasteiger partial charge in [-0.15, -0.1) is 0 Å². The van der Waals surface area contributed by atoms with Crippen molar-refractivity contribution in [2.45, 2.75) is 38.8 Å². The van der Waals surface area contributed by atoms with E-state index in [2.05, 4.69) is 19.1 Å². The number of rotatable bonds is 9. The van der Waals surface area contributed by atoms with E-state index in [0.29, 0.717) is 24.3 Å². The van der Waals surface area contributed by atoms with E-state index in [1.54, 1.807) is 19.2 Å². The van der Waals surface area contributed by atoms with Crippen molar-refractivity contribution in [2.24, 2.45) is 0 Å². The standard InChI is InChI=1S/C21H27NO3.ClH/c1-4-16-8-10-17(11-9-16)21(24)15(2)22-13-12-20(23)18-6-5-7-19(14-18)25-3;/h5-11,14-15,21-22,24H,4,12-13H2,1-3H3;1H. The Labute approximate surface area is 162 Å². The molecule has 0 amide bonds. The molecule has 0 aromatic heterocycles. The van der Waals surface area contributed by atoms with Crippen LogP contribution in [0, 0.1) is 0 Å². The monoisotopic (exact) mass is 377 g/mol. The second-order valence-electron chi connectivity index (χ2n) is 6.33. The highest BCUT2D eigenvalue weighted by molar-refractivity contribution is 5.96. The number of hydrogen-bond donors (Lipinski definition) is 2. The quantitative estimate of drug-likeness (QED) is 0.580. The number of quaternary nitrogens is 1. The lowest BCUT2D eigenvalue weighted by Crippen LogP contribution is -3.00. The number of aliphatic hydroxyl groups is 1. The first-order chi connectivity index (χ1) is 12.0. The van der Waals surface area contributed by atoms with Gasteiger partial charge >= 0.3 is 0 Å². The van der Waals surface area contributed by atoms with E-state index < -0.39 is 6.10 Å². The van der Waals surface area contributed by atoms with Gasteiger partial charge in [-0.2, -0.15) is 0 Å². The molecule has 5 heteroatoms. The Bertz CT molecular complexity index is 688. The van der Waals surface area contributed by atoms with Crippen molar-refractivity contribution in [1.82, 2.24) is 0 Å². The summed E-state index contributed by atoms with van der Waals surface area (Å²) in [6.45, 7) is 4.73. The number of nitrogens with two attached hydrogens (primary N) is 1. The molecule has 3 N–H and O–H groups in total. The number of hydrogen-bond acceptors (Lipinski definition) is 3. The summed E-state index contributed by atoms with van der Waals surface area (Å²) in [6.07, 6.45) is 0.876. The van der Waals surface area contributed by atoms with Crippen LogP contribution in [0.1, 0.15) is 47.9 Å². The Morgan fingerprint density at radius 1 is 1.19 bits per heavy atom. The molecular weight excluding hydrogens is 350 g/mol. The summed E-state index contributed by atoms with van der Waals surface area (Å²) < 4.78 is 5.15. The van der Waals surface area contributed by atoms with Gasteiger partial charge in [0.25, 0.3) is 0 Å². The average Bonchev–Trinajstić information content (AvgIpc) is 2.67. The van der Waals surface area contributed by atoms with Crippen LogP contribution in [0.25, 0.3) is 0 Å². The van der Waals surface area contributed by atoms with Gasteiger partial charge in [0.2, 0.25) is 0 Å². The Hall–Kier alpha value is -1.88. The predicted molar refractivity (Wildman–Crippen MR) is 99.0 cm³/mol. The molecule has 0 bridgehead atoms. The third kappa shape index (κ3) is 6.13. The number of carbonyl (C=O) groups is 1.